The van der Waals surface area contributed by atoms with E-state index in [9.17, 15) is 4.79 Å². The van der Waals surface area contributed by atoms with Crippen LogP contribution < -0.4 is 5.32 Å². The fraction of sp³-hybridized carbons (Fsp3) is 0. The number of carbonyl (C=O) groups is 1. The van der Waals surface area contributed by atoms with Crippen molar-refractivity contribution in [2.75, 3.05) is 5.32 Å². The first-order valence-electron chi connectivity index (χ1n) is 9.87. The maximum Gasteiger partial charge on any atom is 0.258 e. The van der Waals surface area contributed by atoms with Crippen LogP contribution in [-0.4, -0.2) is 26.1 Å². The lowest BCUT2D eigenvalue weighted by molar-refractivity contribution is 0.102. The van der Waals surface area contributed by atoms with E-state index in [0.29, 0.717) is 26.3 Å². The second-order valence-electron chi connectivity index (χ2n) is 6.95. The van der Waals surface area contributed by atoms with E-state index in [2.05, 4.69) is 37.3 Å². The molecule has 0 saturated heterocycles. The summed E-state index contributed by atoms with van der Waals surface area (Å²) >= 11 is 7.09. The summed E-state index contributed by atoms with van der Waals surface area (Å²) in [5, 5.41) is 14.4. The summed E-state index contributed by atoms with van der Waals surface area (Å²) in [4.78, 5) is 21.6. The molecule has 3 aromatic heterocycles. The van der Waals surface area contributed by atoms with Crippen molar-refractivity contribution in [2.24, 2.45) is 0 Å². The van der Waals surface area contributed by atoms with Crippen molar-refractivity contribution in [2.45, 2.75) is 0 Å². The van der Waals surface area contributed by atoms with Gasteiger partial charge in [0.15, 0.2) is 5.01 Å². The van der Waals surface area contributed by atoms with Gasteiger partial charge in [0, 0.05) is 51.9 Å². The number of fused-ring (bicyclic) bond motifs is 1. The molecule has 0 spiro atoms. The number of anilines is 1. The Morgan fingerprint density at radius 1 is 0.879 bits per heavy atom. The Balaban J connectivity index is 1.40. The van der Waals surface area contributed by atoms with Gasteiger partial charge in [-0.1, -0.05) is 53.1 Å². The SMILES string of the molecule is O=C(Nc1nnc(C#Cc2ccc(Cl)cc2)s1)c1ccncc1-c1cncc2ccccc12. The molecule has 0 aliphatic carbocycles. The molecular formula is C25H14ClN5OS. The molecule has 1 N–H and O–H groups in total. The second-order valence-corrected chi connectivity index (χ2v) is 8.37. The molecule has 0 bridgehead atoms. The molecule has 0 aliphatic rings. The van der Waals surface area contributed by atoms with Crippen LogP contribution in [0.3, 0.4) is 0 Å². The molecule has 0 fully saturated rings. The van der Waals surface area contributed by atoms with Crippen molar-refractivity contribution in [3.05, 3.63) is 101 Å². The molecule has 5 rings (SSSR count). The number of rotatable bonds is 3. The average Bonchev–Trinajstić information content (AvgIpc) is 3.30. The van der Waals surface area contributed by atoms with Crippen LogP contribution in [0.2, 0.25) is 5.02 Å². The highest BCUT2D eigenvalue weighted by atomic mass is 35.5. The number of nitrogens with one attached hydrogen (secondary N) is 1. The van der Waals surface area contributed by atoms with Crippen LogP contribution in [0.1, 0.15) is 20.9 Å². The third-order valence-electron chi connectivity index (χ3n) is 4.83. The van der Waals surface area contributed by atoms with Crippen LogP contribution in [0, 0.1) is 11.8 Å². The molecule has 0 aliphatic heterocycles. The Morgan fingerprint density at radius 2 is 1.70 bits per heavy atom. The average molecular weight is 468 g/mol. The number of aromatic nitrogens is 4. The van der Waals surface area contributed by atoms with Crippen molar-refractivity contribution in [1.29, 1.82) is 0 Å². The summed E-state index contributed by atoms with van der Waals surface area (Å²) in [5.41, 5.74) is 2.79. The molecular weight excluding hydrogens is 454 g/mol. The van der Waals surface area contributed by atoms with Gasteiger partial charge in [-0.15, -0.1) is 10.2 Å². The van der Waals surface area contributed by atoms with Crippen molar-refractivity contribution >= 4 is 44.7 Å². The lowest BCUT2D eigenvalue weighted by Gasteiger charge is -2.10. The highest BCUT2D eigenvalue weighted by Crippen LogP contribution is 2.30. The molecule has 0 saturated carbocycles. The van der Waals surface area contributed by atoms with Crippen LogP contribution >= 0.6 is 22.9 Å². The first kappa shape index (κ1) is 20.8. The summed E-state index contributed by atoms with van der Waals surface area (Å²) in [5.74, 6) is 5.65. The van der Waals surface area contributed by atoms with Crippen LogP contribution in [0.4, 0.5) is 5.13 Å². The molecule has 2 aromatic carbocycles. The van der Waals surface area contributed by atoms with Crippen LogP contribution in [0.15, 0.2) is 79.4 Å². The van der Waals surface area contributed by atoms with Crippen molar-refractivity contribution in [3.63, 3.8) is 0 Å². The monoisotopic (exact) mass is 467 g/mol. The molecule has 158 valence electrons. The topological polar surface area (TPSA) is 80.7 Å². The van der Waals surface area contributed by atoms with E-state index in [1.54, 1.807) is 43.0 Å². The van der Waals surface area contributed by atoms with Crippen LogP contribution in [0.25, 0.3) is 21.9 Å². The van der Waals surface area contributed by atoms with Gasteiger partial charge in [-0.05, 0) is 41.6 Å². The Labute approximate surface area is 198 Å². The molecule has 0 unspecified atom stereocenters. The number of nitrogens with zero attached hydrogens (tertiary/aromatic N) is 4. The molecule has 0 radical (unpaired) electrons. The van der Waals surface area contributed by atoms with Crippen molar-refractivity contribution < 1.29 is 4.79 Å². The summed E-state index contributed by atoms with van der Waals surface area (Å²) < 4.78 is 0. The van der Waals surface area contributed by atoms with Gasteiger partial charge < -0.3 is 0 Å². The van der Waals surface area contributed by atoms with Crippen molar-refractivity contribution in [1.82, 2.24) is 20.2 Å². The first-order valence-corrected chi connectivity index (χ1v) is 11.1. The predicted molar refractivity (Wildman–Crippen MR) is 130 cm³/mol. The number of pyridine rings is 2. The van der Waals surface area contributed by atoms with E-state index in [4.69, 9.17) is 11.6 Å². The molecule has 1 amide bonds. The first-order chi connectivity index (χ1) is 16.2. The summed E-state index contributed by atoms with van der Waals surface area (Å²) in [6, 6.07) is 16.8. The van der Waals surface area contributed by atoms with E-state index >= 15 is 0 Å². The largest absolute Gasteiger partial charge is 0.296 e. The molecule has 6 nitrogen and oxygen atoms in total. The van der Waals surface area contributed by atoms with Gasteiger partial charge in [0.1, 0.15) is 0 Å². The number of carbonyl (C=O) groups excluding carboxylic acids is 1. The third-order valence-corrected chi connectivity index (χ3v) is 5.83. The zero-order valence-corrected chi connectivity index (χ0v) is 18.6. The fourth-order valence-corrected chi connectivity index (χ4v) is 4.00. The molecule has 5 aromatic rings. The Morgan fingerprint density at radius 3 is 2.58 bits per heavy atom. The van der Waals surface area contributed by atoms with E-state index in [-0.39, 0.29) is 5.91 Å². The molecule has 33 heavy (non-hydrogen) atoms. The van der Waals surface area contributed by atoms with Crippen LogP contribution in [-0.2, 0) is 0 Å². The predicted octanol–water partition coefficient (Wildman–Crippen LogP) is 5.45. The van der Waals surface area contributed by atoms with Gasteiger partial charge >= 0.3 is 0 Å². The lowest BCUT2D eigenvalue weighted by atomic mass is 9.98. The molecule has 8 heteroatoms. The highest BCUT2D eigenvalue weighted by molar-refractivity contribution is 7.15. The van der Waals surface area contributed by atoms with Gasteiger partial charge in [-0.3, -0.25) is 20.1 Å². The highest BCUT2D eigenvalue weighted by Gasteiger charge is 2.17. The minimum absolute atomic E-state index is 0.311. The number of amides is 1. The van der Waals surface area contributed by atoms with Gasteiger partial charge in [0.2, 0.25) is 5.13 Å². The zero-order valence-electron chi connectivity index (χ0n) is 17.0. The zero-order chi connectivity index (χ0) is 22.6. The number of halogens is 1. The number of benzene rings is 2. The van der Waals surface area contributed by atoms with Crippen LogP contribution in [0.5, 0.6) is 0 Å². The lowest BCUT2D eigenvalue weighted by Crippen LogP contribution is -2.13. The number of hydrogen-bond donors (Lipinski definition) is 1. The van der Waals surface area contributed by atoms with E-state index in [1.807, 2.05) is 36.4 Å². The Kier molecular flexibility index (Phi) is 5.77. The van der Waals surface area contributed by atoms with Gasteiger partial charge in [0.05, 0.1) is 5.56 Å². The van der Waals surface area contributed by atoms with Crippen molar-refractivity contribution in [3.8, 4) is 23.0 Å². The molecule has 0 atom stereocenters. The summed E-state index contributed by atoms with van der Waals surface area (Å²) in [6.07, 6.45) is 6.79. The standard InChI is InChI=1S/C25H14ClN5OS/c26-18-8-5-16(6-9-18)7-10-23-30-31-25(33-23)29-24(32)20-11-12-27-14-22(20)21-15-28-13-17-3-1-2-4-19(17)21/h1-6,8-9,11-15H,(H,29,31,32). The Hall–Kier alpha value is -4.12. The number of hydrogen-bond acceptors (Lipinski definition) is 6. The Bertz CT molecular complexity index is 1530. The normalized spacial score (nSPS) is 10.5. The maximum absolute atomic E-state index is 13.1. The minimum Gasteiger partial charge on any atom is -0.296 e. The molecule has 3 heterocycles. The summed E-state index contributed by atoms with van der Waals surface area (Å²) in [7, 11) is 0. The van der Waals surface area contributed by atoms with Gasteiger partial charge in [0.25, 0.3) is 5.91 Å². The van der Waals surface area contributed by atoms with E-state index in [1.165, 1.54) is 11.3 Å². The maximum atomic E-state index is 13.1. The fourth-order valence-electron chi connectivity index (χ4n) is 3.29. The van der Waals surface area contributed by atoms with Gasteiger partial charge in [-0.2, -0.15) is 0 Å². The van der Waals surface area contributed by atoms with Gasteiger partial charge in [-0.25, -0.2) is 0 Å². The van der Waals surface area contributed by atoms with E-state index < -0.39 is 0 Å². The minimum atomic E-state index is -0.311. The smallest absolute Gasteiger partial charge is 0.258 e. The summed E-state index contributed by atoms with van der Waals surface area (Å²) in [6.45, 7) is 0. The third kappa shape index (κ3) is 4.58. The van der Waals surface area contributed by atoms with E-state index in [0.717, 1.165) is 21.9 Å². The quantitative estimate of drug-likeness (QED) is 0.357. The second kappa shape index (κ2) is 9.17.